The van der Waals surface area contributed by atoms with Gasteiger partial charge in [-0.1, -0.05) is 20.8 Å². The van der Waals surface area contributed by atoms with Crippen molar-refractivity contribution in [3.63, 3.8) is 0 Å². The first kappa shape index (κ1) is 15.6. The Labute approximate surface area is 113 Å². The second-order valence-electron chi connectivity index (χ2n) is 5.43. The van der Waals surface area contributed by atoms with Crippen LogP contribution in [0.15, 0.2) is 16.3 Å². The molecule has 0 aromatic carbocycles. The van der Waals surface area contributed by atoms with Gasteiger partial charge in [0.1, 0.15) is 0 Å². The van der Waals surface area contributed by atoms with Gasteiger partial charge in [-0.3, -0.25) is 0 Å². The molecule has 1 atom stereocenters. The monoisotopic (exact) mass is 291 g/mol. The topological polar surface area (TPSA) is 57.6 Å². The molecule has 0 bridgehead atoms. The number of sulfonamides is 1. The van der Waals surface area contributed by atoms with Gasteiger partial charge >= 0.3 is 0 Å². The highest BCUT2D eigenvalue weighted by atomic mass is 32.2. The van der Waals surface area contributed by atoms with Gasteiger partial charge in [-0.2, -0.15) is 4.31 Å². The number of hydrogen-bond donors (Lipinski definition) is 1. The van der Waals surface area contributed by atoms with E-state index in [1.165, 1.54) is 15.6 Å². The molecule has 104 valence electrons. The zero-order chi connectivity index (χ0) is 14.1. The number of hydrogen-bond acceptors (Lipinski definition) is 4. The molecule has 0 radical (unpaired) electrons. The summed E-state index contributed by atoms with van der Waals surface area (Å²) in [6.07, 6.45) is 0. The molecule has 0 spiro atoms. The summed E-state index contributed by atoms with van der Waals surface area (Å²) in [5.74, 6) is 0. The predicted molar refractivity (Wildman–Crippen MR) is 74.1 cm³/mol. The molecule has 0 saturated carbocycles. The van der Waals surface area contributed by atoms with E-state index < -0.39 is 10.0 Å². The van der Waals surface area contributed by atoms with Gasteiger partial charge in [-0.15, -0.1) is 11.3 Å². The Kier molecular flexibility index (Phi) is 4.59. The summed E-state index contributed by atoms with van der Waals surface area (Å²) in [5.41, 5.74) is -0.142. The van der Waals surface area contributed by atoms with Crippen LogP contribution in [0.3, 0.4) is 0 Å². The molecule has 1 N–H and O–H groups in total. The Balaban J connectivity index is 3.16. The van der Waals surface area contributed by atoms with E-state index in [4.69, 9.17) is 0 Å². The average Bonchev–Trinajstić information content (AvgIpc) is 2.74. The molecule has 1 unspecified atom stereocenters. The molecule has 18 heavy (non-hydrogen) atoms. The van der Waals surface area contributed by atoms with Gasteiger partial charge in [-0.25, -0.2) is 8.42 Å². The average molecular weight is 291 g/mol. The lowest BCUT2D eigenvalue weighted by atomic mass is 9.88. The molecule has 0 saturated heterocycles. The molecule has 0 aliphatic heterocycles. The van der Waals surface area contributed by atoms with Crippen LogP contribution in [0.4, 0.5) is 0 Å². The van der Waals surface area contributed by atoms with E-state index in [-0.39, 0.29) is 23.0 Å². The highest BCUT2D eigenvalue weighted by Crippen LogP contribution is 2.30. The van der Waals surface area contributed by atoms with Crippen LogP contribution in [0.5, 0.6) is 0 Å². The summed E-state index contributed by atoms with van der Waals surface area (Å²) in [7, 11) is -1.95. The first-order chi connectivity index (χ1) is 8.12. The Bertz CT molecular complexity index is 500. The maximum Gasteiger partial charge on any atom is 0.244 e. The smallest absolute Gasteiger partial charge is 0.244 e. The number of aliphatic hydroxyl groups is 1. The minimum absolute atomic E-state index is 0.131. The van der Waals surface area contributed by atoms with Crippen LogP contribution in [-0.2, 0) is 16.6 Å². The number of aliphatic hydroxyl groups excluding tert-OH is 1. The van der Waals surface area contributed by atoms with Gasteiger partial charge in [0.2, 0.25) is 10.0 Å². The zero-order valence-electron chi connectivity index (χ0n) is 11.5. The maximum absolute atomic E-state index is 12.5. The Morgan fingerprint density at radius 3 is 2.44 bits per heavy atom. The summed E-state index contributed by atoms with van der Waals surface area (Å²) in [5, 5.41) is 10.9. The van der Waals surface area contributed by atoms with Crippen LogP contribution >= 0.6 is 11.3 Å². The molecule has 1 aromatic heterocycles. The number of thiophene rings is 1. The second kappa shape index (κ2) is 5.28. The quantitative estimate of drug-likeness (QED) is 0.926. The van der Waals surface area contributed by atoms with Crippen molar-refractivity contribution >= 4 is 21.4 Å². The van der Waals surface area contributed by atoms with Crippen molar-refractivity contribution in [1.29, 1.82) is 0 Å². The zero-order valence-corrected chi connectivity index (χ0v) is 13.1. The SMILES string of the molecule is CC(N(C)S(=O)(=O)c1ccsc1CO)C(C)(C)C. The molecule has 1 aromatic rings. The van der Waals surface area contributed by atoms with Crippen molar-refractivity contribution < 1.29 is 13.5 Å². The highest BCUT2D eigenvalue weighted by Gasteiger charge is 2.33. The van der Waals surface area contributed by atoms with Crippen molar-refractivity contribution in [2.75, 3.05) is 7.05 Å². The van der Waals surface area contributed by atoms with E-state index in [1.54, 1.807) is 18.5 Å². The van der Waals surface area contributed by atoms with Gasteiger partial charge in [0.05, 0.1) is 11.5 Å². The fourth-order valence-electron chi connectivity index (χ4n) is 1.58. The molecule has 0 aliphatic rings. The summed E-state index contributed by atoms with van der Waals surface area (Å²) in [6.45, 7) is 7.66. The summed E-state index contributed by atoms with van der Waals surface area (Å²) in [4.78, 5) is 0.705. The molecule has 4 nitrogen and oxygen atoms in total. The standard InChI is InChI=1S/C12H21NO3S2/c1-9(12(2,3)4)13(5)18(15,16)11-6-7-17-10(11)8-14/h6-7,9,14H,8H2,1-5H3. The molecular formula is C12H21NO3S2. The number of rotatable bonds is 4. The van der Waals surface area contributed by atoms with Gasteiger partial charge in [0.25, 0.3) is 0 Å². The summed E-state index contributed by atoms with van der Waals surface area (Å²) in [6, 6.07) is 1.42. The predicted octanol–water partition coefficient (Wildman–Crippen LogP) is 2.30. The van der Waals surface area contributed by atoms with Crippen molar-refractivity contribution in [2.24, 2.45) is 5.41 Å². The van der Waals surface area contributed by atoms with Crippen LogP contribution in [0, 0.1) is 5.41 Å². The largest absolute Gasteiger partial charge is 0.391 e. The summed E-state index contributed by atoms with van der Waals surface area (Å²) < 4.78 is 26.3. The first-order valence-electron chi connectivity index (χ1n) is 5.77. The van der Waals surface area contributed by atoms with E-state index >= 15 is 0 Å². The number of nitrogens with zero attached hydrogens (tertiary/aromatic N) is 1. The van der Waals surface area contributed by atoms with Crippen molar-refractivity contribution in [3.05, 3.63) is 16.3 Å². The molecule has 6 heteroatoms. The van der Waals surface area contributed by atoms with E-state index in [0.29, 0.717) is 4.88 Å². The molecule has 1 rings (SSSR count). The van der Waals surface area contributed by atoms with Gasteiger partial charge in [-0.05, 0) is 23.8 Å². The molecule has 1 heterocycles. The van der Waals surface area contributed by atoms with Crippen LogP contribution in [0.25, 0.3) is 0 Å². The Morgan fingerprint density at radius 1 is 1.44 bits per heavy atom. The first-order valence-corrected chi connectivity index (χ1v) is 8.09. The lowest BCUT2D eigenvalue weighted by Crippen LogP contribution is -2.42. The normalized spacial score (nSPS) is 15.1. The minimum atomic E-state index is -3.54. The lowest BCUT2D eigenvalue weighted by molar-refractivity contribution is 0.216. The van der Waals surface area contributed by atoms with Gasteiger partial charge in [0, 0.05) is 18.0 Å². The van der Waals surface area contributed by atoms with Crippen LogP contribution in [0.2, 0.25) is 0 Å². The third kappa shape index (κ3) is 2.93. The Hall–Kier alpha value is -0.430. The second-order valence-corrected chi connectivity index (χ2v) is 8.40. The molecule has 0 aliphatic carbocycles. The maximum atomic E-state index is 12.5. The van der Waals surface area contributed by atoms with E-state index in [9.17, 15) is 13.5 Å². The van der Waals surface area contributed by atoms with E-state index in [0.717, 1.165) is 0 Å². The third-order valence-corrected chi connectivity index (χ3v) is 6.35. The van der Waals surface area contributed by atoms with Crippen molar-refractivity contribution in [1.82, 2.24) is 4.31 Å². The Morgan fingerprint density at radius 2 is 2.00 bits per heavy atom. The molecule has 0 amide bonds. The van der Waals surface area contributed by atoms with Crippen LogP contribution < -0.4 is 0 Å². The van der Waals surface area contributed by atoms with Gasteiger partial charge in [0.15, 0.2) is 0 Å². The fourth-order valence-corrected chi connectivity index (χ4v) is 4.39. The van der Waals surface area contributed by atoms with Crippen molar-refractivity contribution in [3.8, 4) is 0 Å². The van der Waals surface area contributed by atoms with Gasteiger partial charge < -0.3 is 5.11 Å². The third-order valence-electron chi connectivity index (χ3n) is 3.30. The van der Waals surface area contributed by atoms with E-state index in [1.807, 2.05) is 27.7 Å². The van der Waals surface area contributed by atoms with Crippen LogP contribution in [0.1, 0.15) is 32.6 Å². The minimum Gasteiger partial charge on any atom is -0.391 e. The van der Waals surface area contributed by atoms with E-state index in [2.05, 4.69) is 0 Å². The fraction of sp³-hybridized carbons (Fsp3) is 0.667. The lowest BCUT2D eigenvalue weighted by Gasteiger charge is -2.34. The highest BCUT2D eigenvalue weighted by molar-refractivity contribution is 7.89. The van der Waals surface area contributed by atoms with Crippen LogP contribution in [-0.4, -0.2) is 30.9 Å². The summed E-state index contributed by atoms with van der Waals surface area (Å²) >= 11 is 1.26. The molecule has 0 fully saturated rings. The van der Waals surface area contributed by atoms with Crippen molar-refractivity contribution in [2.45, 2.75) is 45.2 Å². The molecular weight excluding hydrogens is 270 g/mol.